The fourth-order valence-electron chi connectivity index (χ4n) is 0.960. The molecule has 2 N–H and O–H groups in total. The van der Waals surface area contributed by atoms with Gasteiger partial charge in [-0.05, 0) is 6.26 Å². The van der Waals surface area contributed by atoms with Gasteiger partial charge in [-0.15, -0.1) is 0 Å². The van der Waals surface area contributed by atoms with Crippen LogP contribution in [-0.4, -0.2) is 33.7 Å². The zero-order valence-corrected chi connectivity index (χ0v) is 10.6. The van der Waals surface area contributed by atoms with E-state index in [1.54, 1.807) is 18.1 Å². The van der Waals surface area contributed by atoms with Gasteiger partial charge < -0.3 is 4.98 Å². The largest absolute Gasteiger partial charge is 0.348 e. The smallest absolute Gasteiger partial charge is 0.183 e. The standard InChI is InChI=1S/C9H13N5S2/c1-15-9(13-6-10)12-2-3-16-5-8-4-11-7-14-8/h4,7H,2-3,5H2,1H3,(H,11,14)(H,12,13). The van der Waals surface area contributed by atoms with E-state index in [1.165, 1.54) is 11.8 Å². The Hall–Kier alpha value is -1.13. The van der Waals surface area contributed by atoms with E-state index >= 15 is 0 Å². The van der Waals surface area contributed by atoms with Gasteiger partial charge in [0.15, 0.2) is 11.4 Å². The van der Waals surface area contributed by atoms with Crippen LogP contribution in [0.15, 0.2) is 17.5 Å². The zero-order chi connectivity index (χ0) is 11.6. The number of amidine groups is 1. The molecule has 0 aliphatic heterocycles. The Morgan fingerprint density at radius 3 is 3.25 bits per heavy atom. The molecule has 16 heavy (non-hydrogen) atoms. The maximum atomic E-state index is 8.42. The van der Waals surface area contributed by atoms with Crippen LogP contribution in [0.4, 0.5) is 0 Å². The number of aromatic amines is 1. The van der Waals surface area contributed by atoms with Crippen LogP contribution in [0.2, 0.25) is 0 Å². The number of hydrogen-bond donors (Lipinski definition) is 2. The molecule has 0 saturated heterocycles. The number of nitrogens with one attached hydrogen (secondary N) is 2. The highest BCUT2D eigenvalue weighted by atomic mass is 32.2. The maximum absolute atomic E-state index is 8.42. The average molecular weight is 255 g/mol. The molecule has 0 amide bonds. The summed E-state index contributed by atoms with van der Waals surface area (Å²) in [7, 11) is 0. The minimum Gasteiger partial charge on any atom is -0.348 e. The summed E-state index contributed by atoms with van der Waals surface area (Å²) in [5.74, 6) is 1.84. The number of nitrogens with zero attached hydrogens (tertiary/aromatic N) is 3. The highest BCUT2D eigenvalue weighted by Gasteiger charge is 1.95. The summed E-state index contributed by atoms with van der Waals surface area (Å²) in [6.07, 6.45) is 7.25. The first-order valence-corrected chi connectivity index (χ1v) is 7.03. The molecule has 86 valence electrons. The van der Waals surface area contributed by atoms with Crippen molar-refractivity contribution in [1.29, 1.82) is 5.26 Å². The third kappa shape index (κ3) is 5.09. The van der Waals surface area contributed by atoms with Gasteiger partial charge in [0.05, 0.1) is 12.9 Å². The SMILES string of the molecule is CSC(=NCCSCc1cnc[nH]1)NC#N. The Labute approximate surface area is 103 Å². The topological polar surface area (TPSA) is 76.9 Å². The molecule has 0 aliphatic carbocycles. The Bertz CT molecular complexity index is 354. The summed E-state index contributed by atoms with van der Waals surface area (Å²) < 4.78 is 0. The molecule has 7 heteroatoms. The molecule has 0 fully saturated rings. The summed E-state index contributed by atoms with van der Waals surface area (Å²) >= 11 is 3.22. The van der Waals surface area contributed by atoms with E-state index in [9.17, 15) is 0 Å². The molecule has 0 aliphatic rings. The van der Waals surface area contributed by atoms with Crippen molar-refractivity contribution in [2.75, 3.05) is 18.6 Å². The van der Waals surface area contributed by atoms with Gasteiger partial charge in [-0.1, -0.05) is 11.8 Å². The van der Waals surface area contributed by atoms with E-state index in [1.807, 2.05) is 18.6 Å². The number of nitriles is 1. The molecule has 0 aromatic carbocycles. The minimum absolute atomic E-state index is 0.671. The summed E-state index contributed by atoms with van der Waals surface area (Å²) in [5, 5.41) is 11.6. The van der Waals surface area contributed by atoms with E-state index in [2.05, 4.69) is 20.3 Å². The minimum atomic E-state index is 0.671. The highest BCUT2D eigenvalue weighted by Crippen LogP contribution is 2.08. The predicted molar refractivity (Wildman–Crippen MR) is 69.3 cm³/mol. The molecule has 1 aromatic heterocycles. The van der Waals surface area contributed by atoms with Gasteiger partial charge in [0.25, 0.3) is 0 Å². The van der Waals surface area contributed by atoms with E-state index in [-0.39, 0.29) is 0 Å². The van der Waals surface area contributed by atoms with Crippen molar-refractivity contribution in [3.05, 3.63) is 18.2 Å². The number of imidazole rings is 1. The second kappa shape index (κ2) is 8.07. The van der Waals surface area contributed by atoms with Crippen LogP contribution >= 0.6 is 23.5 Å². The number of aliphatic imine (C=N–C) groups is 1. The van der Waals surface area contributed by atoms with Crippen LogP contribution < -0.4 is 5.32 Å². The summed E-state index contributed by atoms with van der Waals surface area (Å²) in [6, 6.07) is 0. The van der Waals surface area contributed by atoms with E-state index in [0.29, 0.717) is 11.7 Å². The fraction of sp³-hybridized carbons (Fsp3) is 0.444. The molecule has 1 rings (SSSR count). The van der Waals surface area contributed by atoms with Gasteiger partial charge in [-0.2, -0.15) is 17.0 Å². The van der Waals surface area contributed by atoms with Crippen molar-refractivity contribution < 1.29 is 0 Å². The van der Waals surface area contributed by atoms with E-state index in [4.69, 9.17) is 5.26 Å². The van der Waals surface area contributed by atoms with E-state index in [0.717, 1.165) is 17.2 Å². The van der Waals surface area contributed by atoms with Crippen molar-refractivity contribution in [3.8, 4) is 6.19 Å². The summed E-state index contributed by atoms with van der Waals surface area (Å²) in [4.78, 5) is 11.2. The molecule has 0 radical (unpaired) electrons. The lowest BCUT2D eigenvalue weighted by atomic mass is 10.6. The molecular weight excluding hydrogens is 242 g/mol. The second-order valence-corrected chi connectivity index (χ2v) is 4.66. The molecule has 0 bridgehead atoms. The lowest BCUT2D eigenvalue weighted by Crippen LogP contribution is -2.13. The normalized spacial score (nSPS) is 11.1. The molecular formula is C9H13N5S2. The molecule has 0 unspecified atom stereocenters. The Morgan fingerprint density at radius 1 is 1.75 bits per heavy atom. The van der Waals surface area contributed by atoms with E-state index < -0.39 is 0 Å². The van der Waals surface area contributed by atoms with Crippen molar-refractivity contribution >= 4 is 28.7 Å². The van der Waals surface area contributed by atoms with Crippen LogP contribution in [0.1, 0.15) is 5.69 Å². The van der Waals surface area contributed by atoms with Crippen LogP contribution in [0.3, 0.4) is 0 Å². The highest BCUT2D eigenvalue weighted by molar-refractivity contribution is 8.13. The number of hydrogen-bond acceptors (Lipinski definition) is 5. The van der Waals surface area contributed by atoms with Crippen molar-refractivity contribution in [1.82, 2.24) is 15.3 Å². The van der Waals surface area contributed by atoms with Gasteiger partial charge in [-0.3, -0.25) is 10.3 Å². The predicted octanol–water partition coefficient (Wildman–Crippen LogP) is 1.43. The molecule has 1 aromatic rings. The first-order valence-electron chi connectivity index (χ1n) is 4.65. The molecule has 0 atom stereocenters. The summed E-state index contributed by atoms with van der Waals surface area (Å²) in [6.45, 7) is 0.712. The first-order chi connectivity index (χ1) is 7.86. The molecule has 0 saturated carbocycles. The van der Waals surface area contributed by atoms with Gasteiger partial charge in [-0.25, -0.2) is 4.98 Å². The number of thioether (sulfide) groups is 2. The number of rotatable bonds is 5. The Balaban J connectivity index is 2.13. The third-order valence-corrected chi connectivity index (χ3v) is 3.26. The molecule has 5 nitrogen and oxygen atoms in total. The second-order valence-electron chi connectivity index (χ2n) is 2.76. The Morgan fingerprint density at radius 2 is 2.62 bits per heavy atom. The summed E-state index contributed by atoms with van der Waals surface area (Å²) in [5.41, 5.74) is 1.12. The van der Waals surface area contributed by atoms with Gasteiger partial charge in [0.2, 0.25) is 0 Å². The fourth-order valence-corrected chi connectivity index (χ4v) is 2.07. The lowest BCUT2D eigenvalue weighted by Gasteiger charge is -1.99. The quantitative estimate of drug-likeness (QED) is 0.274. The van der Waals surface area contributed by atoms with Crippen LogP contribution in [0.25, 0.3) is 0 Å². The number of H-pyrrole nitrogens is 1. The van der Waals surface area contributed by atoms with Crippen LogP contribution in [0.5, 0.6) is 0 Å². The van der Waals surface area contributed by atoms with Crippen molar-refractivity contribution in [3.63, 3.8) is 0 Å². The van der Waals surface area contributed by atoms with Crippen molar-refractivity contribution in [2.24, 2.45) is 4.99 Å². The van der Waals surface area contributed by atoms with Gasteiger partial charge in [0.1, 0.15) is 0 Å². The van der Waals surface area contributed by atoms with Gasteiger partial charge in [0, 0.05) is 23.4 Å². The average Bonchev–Trinajstić information content (AvgIpc) is 2.80. The zero-order valence-electron chi connectivity index (χ0n) is 8.93. The maximum Gasteiger partial charge on any atom is 0.183 e. The van der Waals surface area contributed by atoms with Gasteiger partial charge >= 0.3 is 0 Å². The molecule has 1 heterocycles. The lowest BCUT2D eigenvalue weighted by molar-refractivity contribution is 1.12. The molecule has 0 spiro atoms. The first kappa shape index (κ1) is 12.9. The third-order valence-electron chi connectivity index (χ3n) is 1.66. The number of aromatic nitrogens is 2. The Kier molecular flexibility index (Phi) is 6.53. The monoisotopic (exact) mass is 255 g/mol. The van der Waals surface area contributed by atoms with Crippen molar-refractivity contribution in [2.45, 2.75) is 5.75 Å². The van der Waals surface area contributed by atoms with Crippen LogP contribution in [0, 0.1) is 11.5 Å². The van der Waals surface area contributed by atoms with Crippen LogP contribution in [-0.2, 0) is 5.75 Å².